The van der Waals surface area contributed by atoms with E-state index < -0.39 is 8.56 Å². The van der Waals surface area contributed by atoms with Crippen LogP contribution in [-0.2, 0) is 8.85 Å². The van der Waals surface area contributed by atoms with Crippen LogP contribution >= 0.6 is 21.8 Å². The lowest BCUT2D eigenvalue weighted by molar-refractivity contribution is 0.249. The van der Waals surface area contributed by atoms with Gasteiger partial charge < -0.3 is 8.85 Å². The van der Waals surface area contributed by atoms with Gasteiger partial charge in [0.1, 0.15) is 0 Å². The first-order valence-electron chi connectivity index (χ1n) is 6.54. The molecule has 0 spiro atoms. The zero-order chi connectivity index (χ0) is 14.2. The third kappa shape index (κ3) is 7.40. The fourth-order valence-electron chi connectivity index (χ4n) is 1.61. The smallest absolute Gasteiger partial charge is 0.334 e. The van der Waals surface area contributed by atoms with Crippen molar-refractivity contribution in [2.45, 2.75) is 58.8 Å². The van der Waals surface area contributed by atoms with E-state index in [-0.39, 0.29) is 0 Å². The maximum atomic E-state index is 5.48. The molecule has 18 heavy (non-hydrogen) atoms. The Morgan fingerprint density at radius 3 is 1.94 bits per heavy atom. The van der Waals surface area contributed by atoms with Crippen LogP contribution in [0.4, 0.5) is 0 Å². The molecular formula is C12H29NO2S2Si. The van der Waals surface area contributed by atoms with Crippen LogP contribution in [0.25, 0.3) is 0 Å². The summed E-state index contributed by atoms with van der Waals surface area (Å²) in [5.41, 5.74) is 0. The predicted molar refractivity (Wildman–Crippen MR) is 87.2 cm³/mol. The molecule has 0 radical (unpaired) electrons. The molecule has 0 atom stereocenters. The summed E-state index contributed by atoms with van der Waals surface area (Å²) in [5.74, 6) is 1.15. The highest BCUT2D eigenvalue weighted by Crippen LogP contribution is 2.31. The zero-order valence-corrected chi connectivity index (χ0v) is 15.5. The van der Waals surface area contributed by atoms with Gasteiger partial charge in [0.05, 0.1) is 0 Å². The van der Waals surface area contributed by atoms with Crippen LogP contribution in [0, 0.1) is 0 Å². The molecule has 0 aliphatic carbocycles. The van der Waals surface area contributed by atoms with Gasteiger partial charge in [-0.25, -0.2) is 4.31 Å². The maximum absolute atomic E-state index is 5.48. The second-order valence-corrected chi connectivity index (χ2v) is 11.0. The molecule has 0 bridgehead atoms. The van der Waals surface area contributed by atoms with Crippen molar-refractivity contribution in [3.05, 3.63) is 0 Å². The van der Waals surface area contributed by atoms with E-state index in [1.807, 2.05) is 21.8 Å². The van der Waals surface area contributed by atoms with Gasteiger partial charge in [-0.15, -0.1) is 0 Å². The molecule has 0 aliphatic rings. The third-order valence-electron chi connectivity index (χ3n) is 2.88. The summed E-state index contributed by atoms with van der Waals surface area (Å²) < 4.78 is 13.4. The van der Waals surface area contributed by atoms with E-state index in [0.29, 0.717) is 12.1 Å². The number of rotatable bonds is 10. The van der Waals surface area contributed by atoms with Crippen molar-refractivity contribution in [3.63, 3.8) is 0 Å². The van der Waals surface area contributed by atoms with Crippen molar-refractivity contribution in [2.24, 2.45) is 0 Å². The van der Waals surface area contributed by atoms with Gasteiger partial charge in [0.15, 0.2) is 0 Å². The van der Waals surface area contributed by atoms with Crippen molar-refractivity contribution in [1.29, 1.82) is 0 Å². The molecule has 0 fully saturated rings. The fraction of sp³-hybridized carbons (Fsp3) is 1.00. The summed E-state index contributed by atoms with van der Waals surface area (Å²) in [7, 11) is 5.49. The van der Waals surface area contributed by atoms with Crippen LogP contribution in [-0.4, -0.2) is 44.9 Å². The molecule has 3 nitrogen and oxygen atoms in total. The minimum absolute atomic E-state index is 0.583. The Morgan fingerprint density at radius 2 is 1.56 bits per heavy atom. The lowest BCUT2D eigenvalue weighted by atomic mass is 10.3. The van der Waals surface area contributed by atoms with Crippen LogP contribution in [0.3, 0.4) is 0 Å². The van der Waals surface area contributed by atoms with Crippen molar-refractivity contribution in [3.8, 4) is 0 Å². The summed E-state index contributed by atoms with van der Waals surface area (Å²) in [4.78, 5) is 0. The van der Waals surface area contributed by atoms with E-state index in [1.54, 1.807) is 14.2 Å². The minimum Gasteiger partial charge on any atom is -0.398 e. The van der Waals surface area contributed by atoms with Gasteiger partial charge in [0, 0.05) is 32.1 Å². The van der Waals surface area contributed by atoms with Crippen LogP contribution in [0.2, 0.25) is 12.6 Å². The van der Waals surface area contributed by atoms with Gasteiger partial charge in [-0.1, -0.05) is 10.8 Å². The summed E-state index contributed by atoms with van der Waals surface area (Å²) in [6, 6.07) is 2.23. The second kappa shape index (κ2) is 9.66. The number of hydrogen-bond donors (Lipinski definition) is 0. The molecule has 0 heterocycles. The molecule has 0 amide bonds. The molecule has 0 aromatic carbocycles. The van der Waals surface area contributed by atoms with E-state index >= 15 is 0 Å². The molecule has 0 saturated carbocycles. The number of nitrogens with zero attached hydrogens (tertiary/aromatic N) is 1. The summed E-state index contributed by atoms with van der Waals surface area (Å²) in [6.07, 6.45) is 1.16. The van der Waals surface area contributed by atoms with Gasteiger partial charge in [0.25, 0.3) is 0 Å². The standard InChI is InChI=1S/C12H29NO2S2Si/c1-11(2)13(12(3)4)17-16-9-8-10-18(7,14-5)15-6/h11-12H,8-10H2,1-7H3. The Hall–Kier alpha value is 0.797. The first kappa shape index (κ1) is 18.8. The predicted octanol–water partition coefficient (Wildman–Crippen LogP) is 4.16. The van der Waals surface area contributed by atoms with Crippen LogP contribution in [0.1, 0.15) is 34.1 Å². The van der Waals surface area contributed by atoms with E-state index in [2.05, 4.69) is 38.5 Å². The Bertz CT molecular complexity index is 206. The fourth-order valence-corrected chi connectivity index (χ4v) is 6.03. The topological polar surface area (TPSA) is 21.7 Å². The van der Waals surface area contributed by atoms with Gasteiger partial charge in [0.2, 0.25) is 0 Å². The highest BCUT2D eigenvalue weighted by atomic mass is 33.1. The Balaban J connectivity index is 3.79. The molecule has 0 rings (SSSR count). The SMILES string of the molecule is CO[Si](C)(CCCSSN(C(C)C)C(C)C)OC. The summed E-state index contributed by atoms with van der Waals surface area (Å²) in [6.45, 7) is 11.1. The molecule has 0 saturated heterocycles. The highest BCUT2D eigenvalue weighted by molar-refractivity contribution is 8.75. The van der Waals surface area contributed by atoms with Crippen molar-refractivity contribution >= 4 is 30.3 Å². The third-order valence-corrected chi connectivity index (χ3v) is 8.78. The zero-order valence-electron chi connectivity index (χ0n) is 12.9. The Morgan fingerprint density at radius 1 is 1.06 bits per heavy atom. The maximum Gasteiger partial charge on any atom is 0.334 e. The van der Waals surface area contributed by atoms with E-state index in [9.17, 15) is 0 Å². The van der Waals surface area contributed by atoms with Gasteiger partial charge >= 0.3 is 8.56 Å². The lowest BCUT2D eigenvalue weighted by Crippen LogP contribution is -2.35. The van der Waals surface area contributed by atoms with E-state index in [4.69, 9.17) is 8.85 Å². The number of hydrogen-bond acceptors (Lipinski definition) is 5. The molecule has 0 aromatic heterocycles. The first-order valence-corrected chi connectivity index (χ1v) is 11.3. The van der Waals surface area contributed by atoms with Gasteiger partial charge in [-0.2, -0.15) is 0 Å². The summed E-state index contributed by atoms with van der Waals surface area (Å²) >= 11 is 0. The average Bonchev–Trinajstić information content (AvgIpc) is 2.32. The molecule has 0 aromatic rings. The van der Waals surface area contributed by atoms with Crippen LogP contribution in [0.5, 0.6) is 0 Å². The van der Waals surface area contributed by atoms with Crippen molar-refractivity contribution in [2.75, 3.05) is 20.0 Å². The van der Waals surface area contributed by atoms with Crippen molar-refractivity contribution in [1.82, 2.24) is 4.31 Å². The van der Waals surface area contributed by atoms with Crippen molar-refractivity contribution < 1.29 is 8.85 Å². The first-order chi connectivity index (χ1) is 8.36. The van der Waals surface area contributed by atoms with E-state index in [0.717, 1.165) is 18.2 Å². The molecule has 0 aliphatic heterocycles. The molecule has 0 unspecified atom stereocenters. The van der Waals surface area contributed by atoms with Gasteiger partial charge in [-0.3, -0.25) is 0 Å². The quantitative estimate of drug-likeness (QED) is 0.261. The molecule has 6 heteroatoms. The molecule has 0 N–H and O–H groups in total. The van der Waals surface area contributed by atoms with Crippen LogP contribution < -0.4 is 0 Å². The Labute approximate surface area is 122 Å². The van der Waals surface area contributed by atoms with Gasteiger partial charge in [-0.05, 0) is 57.7 Å². The summed E-state index contributed by atoms with van der Waals surface area (Å²) in [5, 5.41) is 0. The average molecular weight is 312 g/mol. The molecular weight excluding hydrogens is 282 g/mol. The highest BCUT2D eigenvalue weighted by Gasteiger charge is 2.27. The Kier molecular flexibility index (Phi) is 10.1. The second-order valence-electron chi connectivity index (χ2n) is 5.09. The monoisotopic (exact) mass is 311 g/mol. The molecule has 110 valence electrons. The lowest BCUT2D eigenvalue weighted by Gasteiger charge is -2.28. The minimum atomic E-state index is -1.85. The largest absolute Gasteiger partial charge is 0.398 e. The van der Waals surface area contributed by atoms with Crippen LogP contribution in [0.15, 0.2) is 0 Å². The normalized spacial score (nSPS) is 13.0. The van der Waals surface area contributed by atoms with E-state index in [1.165, 1.54) is 0 Å².